The summed E-state index contributed by atoms with van der Waals surface area (Å²) < 4.78 is 10.8. The third-order valence-electron chi connectivity index (χ3n) is 4.06. The van der Waals surface area contributed by atoms with Crippen molar-refractivity contribution in [3.8, 4) is 5.75 Å². The zero-order valence-corrected chi connectivity index (χ0v) is 15.9. The molecule has 1 saturated heterocycles. The average molecular weight is 406 g/mol. The molecule has 1 heterocycles. The van der Waals surface area contributed by atoms with Gasteiger partial charge in [0.05, 0.1) is 24.4 Å². The number of rotatable bonds is 8. The van der Waals surface area contributed by atoms with Crippen molar-refractivity contribution in [2.75, 3.05) is 44.4 Å². The zero-order valence-electron chi connectivity index (χ0n) is 15.1. The van der Waals surface area contributed by atoms with Gasteiger partial charge >= 0.3 is 0 Å². The van der Waals surface area contributed by atoms with Crippen LogP contribution in [0, 0.1) is 10.1 Å². The SMILES string of the molecule is O=[N+]([O-])c1cc(/C=N/OCCOc2cccc(Cl)c2)ccc1N1CCOCC1. The van der Waals surface area contributed by atoms with E-state index >= 15 is 0 Å². The molecular formula is C19H20ClN3O5. The highest BCUT2D eigenvalue weighted by molar-refractivity contribution is 6.30. The van der Waals surface area contributed by atoms with Gasteiger partial charge in [-0.15, -0.1) is 0 Å². The largest absolute Gasteiger partial charge is 0.490 e. The Labute approximate surface area is 167 Å². The van der Waals surface area contributed by atoms with Gasteiger partial charge in [-0.3, -0.25) is 10.1 Å². The number of hydrogen-bond acceptors (Lipinski definition) is 7. The fourth-order valence-electron chi connectivity index (χ4n) is 2.74. The first-order valence-electron chi connectivity index (χ1n) is 8.78. The molecule has 0 amide bonds. The van der Waals surface area contributed by atoms with E-state index in [1.165, 1.54) is 12.3 Å². The summed E-state index contributed by atoms with van der Waals surface area (Å²) in [5.41, 5.74) is 1.20. The van der Waals surface area contributed by atoms with E-state index in [9.17, 15) is 10.1 Å². The summed E-state index contributed by atoms with van der Waals surface area (Å²) >= 11 is 5.88. The predicted octanol–water partition coefficient (Wildman–Crippen LogP) is 3.51. The van der Waals surface area contributed by atoms with Crippen LogP contribution in [0.15, 0.2) is 47.6 Å². The summed E-state index contributed by atoms with van der Waals surface area (Å²) in [5, 5.41) is 15.9. The quantitative estimate of drug-likeness (QED) is 0.289. The first-order chi connectivity index (χ1) is 13.6. The van der Waals surface area contributed by atoms with Crippen LogP contribution in [0.5, 0.6) is 5.75 Å². The summed E-state index contributed by atoms with van der Waals surface area (Å²) in [6.45, 7) is 2.91. The number of hydrogen-bond donors (Lipinski definition) is 0. The van der Waals surface area contributed by atoms with Crippen LogP contribution >= 0.6 is 11.6 Å². The maximum atomic E-state index is 11.4. The molecule has 0 spiro atoms. The maximum absolute atomic E-state index is 11.4. The summed E-state index contributed by atoms with van der Waals surface area (Å²) in [6, 6.07) is 12.0. The number of anilines is 1. The molecule has 0 N–H and O–H groups in total. The van der Waals surface area contributed by atoms with E-state index in [0.29, 0.717) is 54.9 Å². The molecule has 9 heteroatoms. The van der Waals surface area contributed by atoms with Gasteiger partial charge in [-0.05, 0) is 24.3 Å². The third-order valence-corrected chi connectivity index (χ3v) is 4.30. The fourth-order valence-corrected chi connectivity index (χ4v) is 2.92. The number of morpholine rings is 1. The second-order valence-corrected chi connectivity index (χ2v) is 6.41. The number of nitro benzene ring substituents is 1. The van der Waals surface area contributed by atoms with Crippen molar-refractivity contribution >= 4 is 29.2 Å². The number of ether oxygens (including phenoxy) is 2. The first kappa shape index (κ1) is 19.9. The molecule has 28 heavy (non-hydrogen) atoms. The molecule has 2 aromatic rings. The number of halogens is 1. The highest BCUT2D eigenvalue weighted by Gasteiger charge is 2.21. The Kier molecular flexibility index (Phi) is 7.05. The molecule has 148 valence electrons. The Morgan fingerprint density at radius 3 is 2.79 bits per heavy atom. The van der Waals surface area contributed by atoms with Crippen LogP contribution in [0.3, 0.4) is 0 Å². The lowest BCUT2D eigenvalue weighted by Gasteiger charge is -2.28. The Hall–Kier alpha value is -2.84. The maximum Gasteiger partial charge on any atom is 0.293 e. The average Bonchev–Trinajstić information content (AvgIpc) is 2.71. The lowest BCUT2D eigenvalue weighted by molar-refractivity contribution is -0.384. The second-order valence-electron chi connectivity index (χ2n) is 5.98. The number of nitro groups is 1. The van der Waals surface area contributed by atoms with Gasteiger partial charge in [0.25, 0.3) is 5.69 Å². The standard InChI is InChI=1S/C19H20ClN3O5/c20-16-2-1-3-17(13-16)27-10-11-28-21-14-15-4-5-18(19(12-15)23(24)25)22-6-8-26-9-7-22/h1-5,12-14H,6-11H2/b21-14+. The highest BCUT2D eigenvalue weighted by atomic mass is 35.5. The number of benzene rings is 2. The van der Waals surface area contributed by atoms with Crippen molar-refractivity contribution in [3.63, 3.8) is 0 Å². The van der Waals surface area contributed by atoms with Crippen LogP contribution in [0.4, 0.5) is 11.4 Å². The van der Waals surface area contributed by atoms with E-state index in [4.69, 9.17) is 25.9 Å². The predicted molar refractivity (Wildman–Crippen MR) is 107 cm³/mol. The molecule has 0 aliphatic carbocycles. The summed E-state index contributed by atoms with van der Waals surface area (Å²) in [5.74, 6) is 0.648. The lowest BCUT2D eigenvalue weighted by Crippen LogP contribution is -2.36. The van der Waals surface area contributed by atoms with E-state index in [-0.39, 0.29) is 17.2 Å². The van der Waals surface area contributed by atoms with E-state index in [1.54, 1.807) is 36.4 Å². The van der Waals surface area contributed by atoms with Crippen LogP contribution in [-0.2, 0) is 9.57 Å². The van der Waals surface area contributed by atoms with Crippen molar-refractivity contribution < 1.29 is 19.2 Å². The smallest absolute Gasteiger partial charge is 0.293 e. The van der Waals surface area contributed by atoms with E-state index in [2.05, 4.69) is 5.16 Å². The number of nitrogens with zero attached hydrogens (tertiary/aromatic N) is 3. The minimum absolute atomic E-state index is 0.0372. The van der Waals surface area contributed by atoms with Gasteiger partial charge in [-0.25, -0.2) is 0 Å². The minimum atomic E-state index is -0.387. The van der Waals surface area contributed by atoms with Gasteiger partial charge in [0.1, 0.15) is 18.0 Å². The van der Waals surface area contributed by atoms with Gasteiger partial charge < -0.3 is 19.2 Å². The molecule has 1 fully saturated rings. The summed E-state index contributed by atoms with van der Waals surface area (Å²) in [6.07, 6.45) is 1.44. The van der Waals surface area contributed by atoms with Crippen LogP contribution in [0.2, 0.25) is 5.02 Å². The van der Waals surface area contributed by atoms with E-state index in [1.807, 2.05) is 4.90 Å². The van der Waals surface area contributed by atoms with Crippen LogP contribution in [-0.4, -0.2) is 50.7 Å². The molecule has 1 aliphatic rings. The molecule has 2 aromatic carbocycles. The second kappa shape index (κ2) is 9.91. The summed E-state index contributed by atoms with van der Waals surface area (Å²) in [4.78, 5) is 18.2. The number of oxime groups is 1. The van der Waals surface area contributed by atoms with Gasteiger partial charge in [-0.1, -0.05) is 28.9 Å². The van der Waals surface area contributed by atoms with Crippen molar-refractivity contribution in [1.29, 1.82) is 0 Å². The van der Waals surface area contributed by atoms with E-state index in [0.717, 1.165) is 0 Å². The van der Waals surface area contributed by atoms with Crippen LogP contribution in [0.25, 0.3) is 0 Å². The molecule has 1 aliphatic heterocycles. The van der Waals surface area contributed by atoms with Gasteiger partial charge in [0, 0.05) is 29.7 Å². The van der Waals surface area contributed by atoms with Crippen molar-refractivity contribution in [2.45, 2.75) is 0 Å². The van der Waals surface area contributed by atoms with Crippen molar-refractivity contribution in [2.24, 2.45) is 5.16 Å². The molecule has 0 radical (unpaired) electrons. The topological polar surface area (TPSA) is 86.4 Å². The van der Waals surface area contributed by atoms with Crippen molar-refractivity contribution in [3.05, 3.63) is 63.2 Å². The molecule has 8 nitrogen and oxygen atoms in total. The lowest BCUT2D eigenvalue weighted by atomic mass is 10.1. The fraction of sp³-hybridized carbons (Fsp3) is 0.316. The zero-order chi connectivity index (χ0) is 19.8. The van der Waals surface area contributed by atoms with Crippen molar-refractivity contribution in [1.82, 2.24) is 0 Å². The Bertz CT molecular complexity index is 840. The molecule has 0 unspecified atom stereocenters. The van der Waals surface area contributed by atoms with E-state index < -0.39 is 0 Å². The third kappa shape index (κ3) is 5.58. The molecule has 0 aromatic heterocycles. The summed E-state index contributed by atoms with van der Waals surface area (Å²) in [7, 11) is 0. The highest BCUT2D eigenvalue weighted by Crippen LogP contribution is 2.29. The minimum Gasteiger partial charge on any atom is -0.490 e. The van der Waals surface area contributed by atoms with Gasteiger partial charge in [0.2, 0.25) is 0 Å². The first-order valence-corrected chi connectivity index (χ1v) is 9.16. The molecule has 0 bridgehead atoms. The molecule has 0 atom stereocenters. The monoisotopic (exact) mass is 405 g/mol. The molecule has 3 rings (SSSR count). The molecular weight excluding hydrogens is 386 g/mol. The van der Waals surface area contributed by atoms with Crippen LogP contribution < -0.4 is 9.64 Å². The van der Waals surface area contributed by atoms with Gasteiger partial charge in [-0.2, -0.15) is 0 Å². The van der Waals surface area contributed by atoms with Gasteiger partial charge in [0.15, 0.2) is 6.61 Å². The Morgan fingerprint density at radius 1 is 1.21 bits per heavy atom. The Balaban J connectivity index is 1.53. The molecule has 0 saturated carbocycles. The Morgan fingerprint density at radius 2 is 2.04 bits per heavy atom. The van der Waals surface area contributed by atoms with Crippen LogP contribution in [0.1, 0.15) is 5.56 Å². The normalized spacial score (nSPS) is 14.2.